The van der Waals surface area contributed by atoms with Crippen LogP contribution in [0, 0.1) is 24.7 Å². The average molecular weight is 760 g/mol. The Labute approximate surface area is 327 Å². The second kappa shape index (κ2) is 19.1. The monoisotopic (exact) mass is 759 g/mol. The normalized spacial score (nSPS) is 24.8. The lowest BCUT2D eigenvalue weighted by atomic mass is 9.55. The first-order chi connectivity index (χ1) is 26.5. The van der Waals surface area contributed by atoms with E-state index in [0.717, 1.165) is 53.9 Å². The molecule has 1 saturated carbocycles. The van der Waals surface area contributed by atoms with Crippen molar-refractivity contribution in [1.82, 2.24) is 9.88 Å². The molecule has 11 nitrogen and oxygen atoms in total. The van der Waals surface area contributed by atoms with E-state index in [2.05, 4.69) is 30.3 Å². The molecule has 1 fully saturated rings. The van der Waals surface area contributed by atoms with Crippen LogP contribution in [0.1, 0.15) is 95.0 Å². The number of nitrogens with zero attached hydrogens (tertiary/aromatic N) is 3. The van der Waals surface area contributed by atoms with Crippen LogP contribution in [-0.2, 0) is 20.9 Å². The predicted octanol–water partition coefficient (Wildman–Crippen LogP) is 8.05. The molecule has 2 N–H and O–H groups in total. The van der Waals surface area contributed by atoms with Crippen molar-refractivity contribution in [1.29, 1.82) is 0 Å². The summed E-state index contributed by atoms with van der Waals surface area (Å²) in [6, 6.07) is 11.2. The van der Waals surface area contributed by atoms with E-state index in [1.165, 1.54) is 0 Å². The number of oxime groups is 1. The smallest absolute Gasteiger partial charge is 0.409 e. The van der Waals surface area contributed by atoms with Gasteiger partial charge in [0.15, 0.2) is 0 Å². The van der Waals surface area contributed by atoms with Crippen molar-refractivity contribution in [2.45, 2.75) is 109 Å². The number of allylic oxidation sites excluding steroid dienone is 1. The molecule has 0 radical (unpaired) electrons. The van der Waals surface area contributed by atoms with E-state index >= 15 is 0 Å². The van der Waals surface area contributed by atoms with Crippen molar-refractivity contribution in [3.05, 3.63) is 90.3 Å². The van der Waals surface area contributed by atoms with E-state index in [-0.39, 0.29) is 50.6 Å². The van der Waals surface area contributed by atoms with Crippen LogP contribution < -0.4 is 9.47 Å². The van der Waals surface area contributed by atoms with Crippen LogP contribution in [0.5, 0.6) is 11.5 Å². The summed E-state index contributed by atoms with van der Waals surface area (Å²) in [7, 11) is 1.72. The Hall–Kier alpha value is -4.19. The third kappa shape index (κ3) is 9.98. The summed E-state index contributed by atoms with van der Waals surface area (Å²) in [6.45, 7) is 16.5. The zero-order valence-electron chi connectivity index (χ0n) is 33.4. The Bertz CT molecular complexity index is 1680. The highest BCUT2D eigenvalue weighted by Gasteiger charge is 2.65. The van der Waals surface area contributed by atoms with Gasteiger partial charge in [-0.1, -0.05) is 42.3 Å². The van der Waals surface area contributed by atoms with Gasteiger partial charge in [-0.2, -0.15) is 0 Å². The van der Waals surface area contributed by atoms with E-state index in [1.807, 2.05) is 58.0 Å². The standard InChI is InChI=1S/C44H61N3O8/c1-8-10-25-51-42(50)47(7)39-28-37(46-55-43(4,5)6)35-26-31(17-11-13-22-48)34(19-12-14-23-49)40-36-27-33(52-29-32-18-15-16-30(3)45-32)20-21-38(36)54-44(39,41(35)40)53-24-9-2/h8-9,15-16,18,20-21,26-27,31,34,39-41,48-49H,1-2,10-14,17,19,22-25,28-29H2,3-7H3. The Morgan fingerprint density at radius 2 is 1.85 bits per heavy atom. The van der Waals surface area contributed by atoms with Crippen molar-refractivity contribution >= 4 is 11.8 Å². The Kier molecular flexibility index (Phi) is 14.6. The minimum Gasteiger partial charge on any atom is -0.487 e. The molecule has 2 heterocycles. The first-order valence-electron chi connectivity index (χ1n) is 19.8. The van der Waals surface area contributed by atoms with Crippen molar-refractivity contribution < 1.29 is 38.8 Å². The van der Waals surface area contributed by atoms with Crippen LogP contribution in [0.25, 0.3) is 0 Å². The van der Waals surface area contributed by atoms with Gasteiger partial charge in [0, 0.05) is 43.9 Å². The molecule has 2 aliphatic carbocycles. The third-order valence-electron chi connectivity index (χ3n) is 10.7. The van der Waals surface area contributed by atoms with Crippen LogP contribution in [0.15, 0.2) is 78.5 Å². The number of pyridine rings is 1. The number of carbonyl (C=O) groups is 1. The van der Waals surface area contributed by atoms with Gasteiger partial charge in [-0.3, -0.25) is 4.98 Å². The Balaban J connectivity index is 1.72. The van der Waals surface area contributed by atoms with E-state index in [4.69, 9.17) is 28.9 Å². The van der Waals surface area contributed by atoms with Crippen LogP contribution in [0.2, 0.25) is 0 Å². The molecule has 2 aromatic rings. The fraction of sp³-hybridized carbons (Fsp3) is 0.568. The highest BCUT2D eigenvalue weighted by Crippen LogP contribution is 2.61. The zero-order valence-corrected chi connectivity index (χ0v) is 33.4. The molecule has 300 valence electrons. The molecule has 6 unspecified atom stereocenters. The number of hydrogen-bond acceptors (Lipinski definition) is 10. The van der Waals surface area contributed by atoms with Crippen molar-refractivity contribution in [2.24, 2.45) is 22.9 Å². The molecule has 6 atom stereocenters. The van der Waals surface area contributed by atoms with Gasteiger partial charge in [0.25, 0.3) is 0 Å². The molecule has 1 aromatic carbocycles. The minimum atomic E-state index is -1.36. The number of unbranched alkanes of at least 4 members (excludes halogenated alkanes) is 2. The first-order valence-corrected chi connectivity index (χ1v) is 19.8. The topological polar surface area (TPSA) is 132 Å². The number of rotatable bonds is 19. The number of amides is 1. The van der Waals surface area contributed by atoms with Crippen molar-refractivity contribution in [3.63, 3.8) is 0 Å². The lowest BCUT2D eigenvalue weighted by Gasteiger charge is -2.59. The second-order valence-electron chi connectivity index (χ2n) is 15.8. The number of fused-ring (bicyclic) bond motifs is 2. The molecular weight excluding hydrogens is 698 g/mol. The van der Waals surface area contributed by atoms with E-state index in [9.17, 15) is 15.0 Å². The summed E-state index contributed by atoms with van der Waals surface area (Å²) in [5.74, 6) is -0.402. The molecule has 5 rings (SSSR count). The van der Waals surface area contributed by atoms with Crippen molar-refractivity contribution in [2.75, 3.05) is 33.5 Å². The quantitative estimate of drug-likeness (QED) is 0.0830. The highest BCUT2D eigenvalue weighted by molar-refractivity contribution is 6.03. The number of benzene rings is 1. The number of carbonyl (C=O) groups excluding carboxylic acids is 1. The number of aromatic nitrogens is 1. The van der Waals surface area contributed by atoms with Gasteiger partial charge in [0.1, 0.15) is 29.7 Å². The molecule has 55 heavy (non-hydrogen) atoms. The fourth-order valence-corrected chi connectivity index (χ4v) is 8.31. The summed E-state index contributed by atoms with van der Waals surface area (Å²) >= 11 is 0. The van der Waals surface area contributed by atoms with Crippen LogP contribution in [-0.4, -0.2) is 82.8 Å². The number of likely N-dealkylation sites (N-methyl/N-ethyl adjacent to an activating group) is 1. The lowest BCUT2D eigenvalue weighted by Crippen LogP contribution is -2.69. The van der Waals surface area contributed by atoms with E-state index in [0.29, 0.717) is 37.4 Å². The highest BCUT2D eigenvalue weighted by atomic mass is 16.7. The maximum Gasteiger partial charge on any atom is 0.409 e. The maximum atomic E-state index is 13.8. The zero-order chi connectivity index (χ0) is 39.6. The molecule has 11 heteroatoms. The van der Waals surface area contributed by atoms with Gasteiger partial charge in [0.2, 0.25) is 5.79 Å². The summed E-state index contributed by atoms with van der Waals surface area (Å²) in [5.41, 5.74) is 3.86. The van der Waals surface area contributed by atoms with Gasteiger partial charge in [-0.15, -0.1) is 13.2 Å². The van der Waals surface area contributed by atoms with E-state index in [1.54, 1.807) is 24.1 Å². The van der Waals surface area contributed by atoms with Crippen LogP contribution >= 0.6 is 0 Å². The van der Waals surface area contributed by atoms with Crippen LogP contribution in [0.4, 0.5) is 4.79 Å². The molecule has 1 amide bonds. The van der Waals surface area contributed by atoms with Gasteiger partial charge in [-0.25, -0.2) is 4.79 Å². The maximum absolute atomic E-state index is 13.8. The third-order valence-corrected chi connectivity index (χ3v) is 10.7. The summed E-state index contributed by atoms with van der Waals surface area (Å²) in [4.78, 5) is 26.2. The molecule has 3 aliphatic rings. The molecule has 1 aliphatic heterocycles. The van der Waals surface area contributed by atoms with Crippen molar-refractivity contribution in [3.8, 4) is 11.5 Å². The van der Waals surface area contributed by atoms with Gasteiger partial charge in [-0.05, 0) is 108 Å². The first kappa shape index (κ1) is 42.0. The number of aliphatic hydroxyl groups is 2. The van der Waals surface area contributed by atoms with Gasteiger partial charge < -0.3 is 38.9 Å². The molecule has 0 spiro atoms. The number of hydrogen-bond donors (Lipinski definition) is 2. The lowest BCUT2D eigenvalue weighted by molar-refractivity contribution is -0.253. The predicted molar refractivity (Wildman–Crippen MR) is 213 cm³/mol. The molecular formula is C44H61N3O8. The number of aliphatic hydroxyl groups excluding tert-OH is 2. The largest absolute Gasteiger partial charge is 0.487 e. The van der Waals surface area contributed by atoms with Gasteiger partial charge in [0.05, 0.1) is 30.5 Å². The Morgan fingerprint density at radius 1 is 1.09 bits per heavy atom. The summed E-state index contributed by atoms with van der Waals surface area (Å²) in [5, 5.41) is 24.5. The minimum absolute atomic E-state index is 0.0930. The molecule has 1 aromatic heterocycles. The molecule has 0 saturated heterocycles. The number of ether oxygens (including phenoxy) is 4. The average Bonchev–Trinajstić information content (AvgIpc) is 3.16. The summed E-state index contributed by atoms with van der Waals surface area (Å²) < 4.78 is 26.2. The SMILES string of the molecule is C=CCCOC(=O)N(C)C1CC(=NOC(C)(C)C)C2=CC(CCCCO)C(CCCCO)C3c4cc(OCc5cccc(C)n5)ccc4OC1(OCC=C)C23. The Morgan fingerprint density at radius 3 is 2.55 bits per heavy atom. The fourth-order valence-electron chi connectivity index (χ4n) is 8.31. The van der Waals surface area contributed by atoms with Gasteiger partial charge >= 0.3 is 6.09 Å². The second-order valence-corrected chi connectivity index (χ2v) is 15.8. The van der Waals surface area contributed by atoms with Crippen LogP contribution in [0.3, 0.4) is 0 Å². The summed E-state index contributed by atoms with van der Waals surface area (Å²) in [6.07, 6.45) is 10.8. The number of aryl methyl sites for hydroxylation is 1. The van der Waals surface area contributed by atoms with E-state index < -0.39 is 29.4 Å². The molecule has 0 bridgehead atoms.